The van der Waals surface area contributed by atoms with Crippen LogP contribution in [0, 0.1) is 0 Å². The SMILES string of the molecule is CC(C)(C)OC(=O)Nc1ccc(C[B-](F)(F)F)cc1.[K+]. The molecule has 0 spiro atoms. The second-order valence-electron chi connectivity index (χ2n) is 5.24. The van der Waals surface area contributed by atoms with Crippen molar-refractivity contribution in [3.8, 4) is 0 Å². The van der Waals surface area contributed by atoms with Crippen LogP contribution in [0.5, 0.6) is 0 Å². The van der Waals surface area contributed by atoms with E-state index in [0.717, 1.165) is 0 Å². The molecule has 0 aromatic heterocycles. The van der Waals surface area contributed by atoms with Crippen LogP contribution in [-0.4, -0.2) is 18.7 Å². The number of benzene rings is 1. The number of ether oxygens (including phenoxy) is 1. The molecule has 0 aliphatic heterocycles. The van der Waals surface area contributed by atoms with Crippen LogP contribution < -0.4 is 56.7 Å². The summed E-state index contributed by atoms with van der Waals surface area (Å²) in [4.78, 5) is 11.4. The number of carbonyl (C=O) groups is 1. The Labute approximate surface area is 159 Å². The number of nitrogens with one attached hydrogen (secondary N) is 1. The Morgan fingerprint density at radius 1 is 1.20 bits per heavy atom. The predicted molar refractivity (Wildman–Crippen MR) is 69.1 cm³/mol. The van der Waals surface area contributed by atoms with E-state index in [1.54, 1.807) is 20.8 Å². The van der Waals surface area contributed by atoms with E-state index < -0.39 is 25.0 Å². The van der Waals surface area contributed by atoms with Crippen molar-refractivity contribution in [1.29, 1.82) is 0 Å². The molecule has 3 nitrogen and oxygen atoms in total. The van der Waals surface area contributed by atoms with Gasteiger partial charge in [0.25, 0.3) is 0 Å². The van der Waals surface area contributed by atoms with Crippen LogP contribution >= 0.6 is 0 Å². The molecule has 20 heavy (non-hydrogen) atoms. The Hall–Kier alpha value is -0.0187. The fourth-order valence-electron chi connectivity index (χ4n) is 1.41. The largest absolute Gasteiger partial charge is 1.00 e. The summed E-state index contributed by atoms with van der Waals surface area (Å²) in [6.07, 6.45) is -1.56. The molecule has 0 saturated heterocycles. The molecule has 0 aliphatic carbocycles. The summed E-state index contributed by atoms with van der Waals surface area (Å²) in [6, 6.07) is 5.51. The van der Waals surface area contributed by atoms with Crippen LogP contribution in [0.25, 0.3) is 0 Å². The fourth-order valence-corrected chi connectivity index (χ4v) is 1.41. The Kier molecular flexibility index (Phi) is 7.83. The third-order valence-corrected chi connectivity index (χ3v) is 2.07. The smallest absolute Gasteiger partial charge is 0.449 e. The minimum Gasteiger partial charge on any atom is -0.449 e. The molecule has 1 aromatic rings. The summed E-state index contributed by atoms with van der Waals surface area (Å²) < 4.78 is 41.7. The van der Waals surface area contributed by atoms with Crippen molar-refractivity contribution in [3.63, 3.8) is 0 Å². The third kappa shape index (κ3) is 9.02. The first-order valence-electron chi connectivity index (χ1n) is 5.85. The van der Waals surface area contributed by atoms with E-state index in [-0.39, 0.29) is 56.9 Å². The zero-order valence-electron chi connectivity index (χ0n) is 12.0. The third-order valence-electron chi connectivity index (χ3n) is 2.07. The van der Waals surface area contributed by atoms with E-state index in [9.17, 15) is 17.7 Å². The van der Waals surface area contributed by atoms with Gasteiger partial charge in [-0.2, -0.15) is 0 Å². The van der Waals surface area contributed by atoms with Gasteiger partial charge in [-0.25, -0.2) is 4.79 Å². The van der Waals surface area contributed by atoms with Crippen LogP contribution in [0.1, 0.15) is 26.3 Å². The summed E-state index contributed by atoms with van der Waals surface area (Å²) in [5.41, 5.74) is -0.0575. The second-order valence-corrected chi connectivity index (χ2v) is 5.24. The molecular formula is C12H16BF3KNO2. The van der Waals surface area contributed by atoms with Gasteiger partial charge in [0.05, 0.1) is 0 Å². The van der Waals surface area contributed by atoms with E-state index in [2.05, 4.69) is 5.32 Å². The quantitative estimate of drug-likeness (QED) is 0.845. The van der Waals surface area contributed by atoms with Gasteiger partial charge in [0.1, 0.15) is 5.60 Å². The van der Waals surface area contributed by atoms with E-state index in [1.165, 1.54) is 24.3 Å². The molecule has 0 saturated carbocycles. The van der Waals surface area contributed by atoms with Gasteiger partial charge in [-0.1, -0.05) is 24.0 Å². The zero-order chi connectivity index (χ0) is 14.7. The summed E-state index contributed by atoms with van der Waals surface area (Å²) in [7, 11) is 0. The van der Waals surface area contributed by atoms with Crippen molar-refractivity contribution in [1.82, 2.24) is 0 Å². The average molecular weight is 313 g/mol. The maximum Gasteiger partial charge on any atom is 1.00 e. The first-order chi connectivity index (χ1) is 8.55. The molecule has 1 N–H and O–H groups in total. The molecule has 0 aliphatic rings. The molecule has 0 heterocycles. The Balaban J connectivity index is 0.00000361. The number of halogens is 3. The van der Waals surface area contributed by atoms with Crippen molar-refractivity contribution < 1.29 is 73.9 Å². The Morgan fingerprint density at radius 2 is 1.70 bits per heavy atom. The number of rotatable bonds is 3. The van der Waals surface area contributed by atoms with Gasteiger partial charge in [-0.3, -0.25) is 5.32 Å². The van der Waals surface area contributed by atoms with Crippen LogP contribution in [0.4, 0.5) is 23.4 Å². The second kappa shape index (κ2) is 7.84. The van der Waals surface area contributed by atoms with E-state index in [4.69, 9.17) is 4.74 Å². The van der Waals surface area contributed by atoms with E-state index >= 15 is 0 Å². The molecule has 1 rings (SSSR count). The molecule has 0 atom stereocenters. The molecule has 0 fully saturated rings. The molecular weight excluding hydrogens is 297 g/mol. The van der Waals surface area contributed by atoms with Crippen LogP contribution in [0.2, 0.25) is 0 Å². The van der Waals surface area contributed by atoms with Crippen molar-refractivity contribution in [2.75, 3.05) is 5.32 Å². The maximum absolute atomic E-state index is 12.2. The average Bonchev–Trinajstić information content (AvgIpc) is 2.15. The first kappa shape index (κ1) is 20.0. The van der Waals surface area contributed by atoms with Crippen molar-refractivity contribution >= 4 is 18.8 Å². The van der Waals surface area contributed by atoms with E-state index in [0.29, 0.717) is 5.69 Å². The number of hydrogen-bond acceptors (Lipinski definition) is 2. The van der Waals surface area contributed by atoms with Gasteiger partial charge in [-0.05, 0) is 32.9 Å². The normalized spacial score (nSPS) is 11.5. The molecule has 8 heteroatoms. The van der Waals surface area contributed by atoms with Crippen LogP contribution in [0.15, 0.2) is 24.3 Å². The van der Waals surface area contributed by atoms with Crippen molar-refractivity contribution in [3.05, 3.63) is 29.8 Å². The summed E-state index contributed by atoms with van der Waals surface area (Å²) in [5, 5.41) is 2.45. The van der Waals surface area contributed by atoms with Gasteiger partial charge < -0.3 is 17.7 Å². The van der Waals surface area contributed by atoms with Gasteiger partial charge in [0.2, 0.25) is 0 Å². The van der Waals surface area contributed by atoms with Gasteiger partial charge >= 0.3 is 64.5 Å². The number of anilines is 1. The molecule has 0 radical (unpaired) electrons. The standard InChI is InChI=1S/C12H16BF3NO2.K/c1-12(2,3)19-11(18)17-10-6-4-9(5-7-10)8-13(14,15)16;/h4-7H,8H2,1-3H3,(H,17,18);/q-1;+1. The van der Waals surface area contributed by atoms with Gasteiger partial charge in [0.15, 0.2) is 0 Å². The Bertz CT molecular complexity index is 444. The van der Waals surface area contributed by atoms with E-state index in [1.807, 2.05) is 0 Å². The number of hydrogen-bond donors (Lipinski definition) is 1. The minimum atomic E-state index is -4.85. The van der Waals surface area contributed by atoms with Crippen LogP contribution in [-0.2, 0) is 11.1 Å². The predicted octanol–water partition coefficient (Wildman–Crippen LogP) is 0.967. The molecule has 0 unspecified atom stereocenters. The van der Waals surface area contributed by atoms with Crippen molar-refractivity contribution in [2.24, 2.45) is 0 Å². The summed E-state index contributed by atoms with van der Waals surface area (Å²) in [6.45, 7) is 0.324. The zero-order valence-corrected chi connectivity index (χ0v) is 15.2. The number of carbonyl (C=O) groups excluding carboxylic acids is 1. The minimum absolute atomic E-state index is 0. The molecule has 0 bridgehead atoms. The molecule has 1 aromatic carbocycles. The summed E-state index contributed by atoms with van der Waals surface area (Å²) in [5.74, 6) is 0. The monoisotopic (exact) mass is 313 g/mol. The van der Waals surface area contributed by atoms with Gasteiger partial charge in [-0.15, -0.1) is 0 Å². The molecule has 106 valence electrons. The Morgan fingerprint density at radius 3 is 2.10 bits per heavy atom. The maximum atomic E-state index is 12.2. The number of amides is 1. The van der Waals surface area contributed by atoms with Crippen LogP contribution in [0.3, 0.4) is 0 Å². The topological polar surface area (TPSA) is 38.3 Å². The van der Waals surface area contributed by atoms with Crippen molar-refractivity contribution in [2.45, 2.75) is 32.7 Å². The fraction of sp³-hybridized carbons (Fsp3) is 0.417. The van der Waals surface area contributed by atoms with Gasteiger partial charge in [0, 0.05) is 5.69 Å². The first-order valence-corrected chi connectivity index (χ1v) is 5.85. The summed E-state index contributed by atoms with van der Waals surface area (Å²) >= 11 is 0. The molecule has 1 amide bonds.